The van der Waals surface area contributed by atoms with Gasteiger partial charge in [0, 0.05) is 5.39 Å². The zero-order valence-electron chi connectivity index (χ0n) is 8.93. The van der Waals surface area contributed by atoms with Crippen molar-refractivity contribution in [3.05, 3.63) is 42.0 Å². The fourth-order valence-corrected chi connectivity index (χ4v) is 1.67. The molecule has 0 saturated heterocycles. The molecule has 0 aromatic heterocycles. The molecule has 82 valence electrons. The van der Waals surface area contributed by atoms with Gasteiger partial charge in [-0.15, -0.1) is 0 Å². The van der Waals surface area contributed by atoms with E-state index >= 15 is 0 Å². The molecule has 0 aliphatic heterocycles. The molecule has 0 unspecified atom stereocenters. The van der Waals surface area contributed by atoms with Gasteiger partial charge < -0.3 is 9.84 Å². The van der Waals surface area contributed by atoms with Gasteiger partial charge >= 0.3 is 5.97 Å². The van der Waals surface area contributed by atoms with Crippen LogP contribution in [0.1, 0.15) is 17.3 Å². The first kappa shape index (κ1) is 10.5. The average molecular weight is 216 g/mol. The number of hydrogen-bond donors (Lipinski definition) is 1. The van der Waals surface area contributed by atoms with Crippen molar-refractivity contribution in [3.63, 3.8) is 0 Å². The number of rotatable bonds is 3. The summed E-state index contributed by atoms with van der Waals surface area (Å²) in [6.45, 7) is 2.40. The normalized spacial score (nSPS) is 10.3. The van der Waals surface area contributed by atoms with Gasteiger partial charge in [-0.3, -0.25) is 0 Å². The summed E-state index contributed by atoms with van der Waals surface area (Å²) >= 11 is 0. The molecule has 0 heterocycles. The highest BCUT2D eigenvalue weighted by Crippen LogP contribution is 2.27. The average Bonchev–Trinajstić information content (AvgIpc) is 2.29. The van der Waals surface area contributed by atoms with Crippen LogP contribution >= 0.6 is 0 Å². The summed E-state index contributed by atoms with van der Waals surface area (Å²) in [6, 6.07) is 10.8. The number of carbonyl (C=O) groups is 1. The van der Waals surface area contributed by atoms with E-state index in [0.717, 1.165) is 10.8 Å². The van der Waals surface area contributed by atoms with Crippen molar-refractivity contribution < 1.29 is 14.6 Å². The van der Waals surface area contributed by atoms with Gasteiger partial charge in [-0.05, 0) is 24.4 Å². The van der Waals surface area contributed by atoms with Gasteiger partial charge in [0.2, 0.25) is 0 Å². The third-order valence-corrected chi connectivity index (χ3v) is 2.37. The van der Waals surface area contributed by atoms with Gasteiger partial charge in [-0.25, -0.2) is 4.79 Å². The standard InChI is InChI=1S/C13H12O3/c1-2-16-12-8-10(13(14)15)7-9-5-3-4-6-11(9)12/h3-8H,2H2,1H3,(H,14,15). The van der Waals surface area contributed by atoms with E-state index in [1.807, 2.05) is 31.2 Å². The van der Waals surface area contributed by atoms with Crippen LogP contribution in [0, 0.1) is 0 Å². The minimum Gasteiger partial charge on any atom is -0.493 e. The van der Waals surface area contributed by atoms with Crippen molar-refractivity contribution in [1.29, 1.82) is 0 Å². The molecule has 0 radical (unpaired) electrons. The summed E-state index contributed by atoms with van der Waals surface area (Å²) in [7, 11) is 0. The van der Waals surface area contributed by atoms with Crippen LogP contribution in [-0.4, -0.2) is 17.7 Å². The Morgan fingerprint density at radius 1 is 1.31 bits per heavy atom. The lowest BCUT2D eigenvalue weighted by atomic mass is 10.1. The molecule has 3 heteroatoms. The molecular weight excluding hydrogens is 204 g/mol. The molecule has 2 aromatic carbocycles. The van der Waals surface area contributed by atoms with Crippen LogP contribution in [0.2, 0.25) is 0 Å². The molecule has 0 saturated carbocycles. The van der Waals surface area contributed by atoms with Gasteiger partial charge in [-0.2, -0.15) is 0 Å². The van der Waals surface area contributed by atoms with Crippen molar-refractivity contribution in [2.24, 2.45) is 0 Å². The van der Waals surface area contributed by atoms with E-state index in [0.29, 0.717) is 12.4 Å². The predicted octanol–water partition coefficient (Wildman–Crippen LogP) is 2.94. The van der Waals surface area contributed by atoms with E-state index in [4.69, 9.17) is 9.84 Å². The first-order valence-electron chi connectivity index (χ1n) is 5.11. The summed E-state index contributed by atoms with van der Waals surface area (Å²) < 4.78 is 5.45. The number of hydrogen-bond acceptors (Lipinski definition) is 2. The molecule has 0 bridgehead atoms. The van der Waals surface area contributed by atoms with E-state index in [2.05, 4.69) is 0 Å². The van der Waals surface area contributed by atoms with Gasteiger partial charge in [0.05, 0.1) is 12.2 Å². The largest absolute Gasteiger partial charge is 0.493 e. The summed E-state index contributed by atoms with van der Waals surface area (Å²) in [6.07, 6.45) is 0. The highest BCUT2D eigenvalue weighted by Gasteiger charge is 2.09. The molecule has 0 atom stereocenters. The molecule has 0 spiro atoms. The van der Waals surface area contributed by atoms with Crippen LogP contribution in [0.4, 0.5) is 0 Å². The topological polar surface area (TPSA) is 46.5 Å². The van der Waals surface area contributed by atoms with Crippen LogP contribution in [0.25, 0.3) is 10.8 Å². The maximum Gasteiger partial charge on any atom is 0.335 e. The molecular formula is C13H12O3. The third-order valence-electron chi connectivity index (χ3n) is 2.37. The SMILES string of the molecule is CCOc1cc(C(=O)O)cc2ccccc12. The Balaban J connectivity index is 2.68. The zero-order valence-corrected chi connectivity index (χ0v) is 8.93. The molecule has 1 N–H and O–H groups in total. The molecule has 0 aliphatic rings. The van der Waals surface area contributed by atoms with Crippen molar-refractivity contribution >= 4 is 16.7 Å². The Bertz CT molecular complexity index is 532. The second kappa shape index (κ2) is 4.23. The second-order valence-corrected chi connectivity index (χ2v) is 3.43. The number of aromatic carboxylic acids is 1. The lowest BCUT2D eigenvalue weighted by Gasteiger charge is -2.08. The van der Waals surface area contributed by atoms with Gasteiger partial charge in [0.1, 0.15) is 5.75 Å². The quantitative estimate of drug-likeness (QED) is 0.858. The van der Waals surface area contributed by atoms with E-state index in [1.54, 1.807) is 12.1 Å². The van der Waals surface area contributed by atoms with Crippen molar-refractivity contribution in [3.8, 4) is 5.75 Å². The summed E-state index contributed by atoms with van der Waals surface area (Å²) in [5, 5.41) is 10.8. The van der Waals surface area contributed by atoms with Crippen molar-refractivity contribution in [2.75, 3.05) is 6.61 Å². The summed E-state index contributed by atoms with van der Waals surface area (Å²) in [4.78, 5) is 10.9. The number of fused-ring (bicyclic) bond motifs is 1. The van der Waals surface area contributed by atoms with Gasteiger partial charge in [0.15, 0.2) is 0 Å². The Hall–Kier alpha value is -2.03. The second-order valence-electron chi connectivity index (χ2n) is 3.43. The summed E-state index contributed by atoms with van der Waals surface area (Å²) in [5.74, 6) is -0.315. The number of ether oxygens (including phenoxy) is 1. The van der Waals surface area contributed by atoms with E-state index in [9.17, 15) is 4.79 Å². The smallest absolute Gasteiger partial charge is 0.335 e. The molecule has 0 fully saturated rings. The Morgan fingerprint density at radius 2 is 2.06 bits per heavy atom. The maximum absolute atomic E-state index is 10.9. The lowest BCUT2D eigenvalue weighted by molar-refractivity contribution is 0.0696. The van der Waals surface area contributed by atoms with Crippen molar-refractivity contribution in [1.82, 2.24) is 0 Å². The fraction of sp³-hybridized carbons (Fsp3) is 0.154. The molecule has 2 rings (SSSR count). The minimum absolute atomic E-state index is 0.252. The fourth-order valence-electron chi connectivity index (χ4n) is 1.67. The zero-order chi connectivity index (χ0) is 11.5. The molecule has 0 amide bonds. The molecule has 0 aliphatic carbocycles. The van der Waals surface area contributed by atoms with Gasteiger partial charge in [-0.1, -0.05) is 24.3 Å². The predicted molar refractivity (Wildman–Crippen MR) is 62.1 cm³/mol. The van der Waals surface area contributed by atoms with Crippen LogP contribution in [0.5, 0.6) is 5.75 Å². The Morgan fingerprint density at radius 3 is 2.75 bits per heavy atom. The van der Waals surface area contributed by atoms with Crippen LogP contribution < -0.4 is 4.74 Å². The maximum atomic E-state index is 10.9. The molecule has 3 nitrogen and oxygen atoms in total. The Labute approximate surface area is 93.3 Å². The number of carboxylic acids is 1. The van der Waals surface area contributed by atoms with Crippen LogP contribution in [-0.2, 0) is 0 Å². The van der Waals surface area contributed by atoms with Gasteiger partial charge in [0.25, 0.3) is 0 Å². The van der Waals surface area contributed by atoms with Crippen LogP contribution in [0.3, 0.4) is 0 Å². The van der Waals surface area contributed by atoms with Crippen LogP contribution in [0.15, 0.2) is 36.4 Å². The monoisotopic (exact) mass is 216 g/mol. The highest BCUT2D eigenvalue weighted by molar-refractivity contribution is 5.97. The molecule has 2 aromatic rings. The summed E-state index contributed by atoms with van der Waals surface area (Å²) in [5.41, 5.74) is 0.252. The van der Waals surface area contributed by atoms with Crippen molar-refractivity contribution in [2.45, 2.75) is 6.92 Å². The minimum atomic E-state index is -0.938. The first-order chi connectivity index (χ1) is 7.72. The Kier molecular flexibility index (Phi) is 2.77. The van der Waals surface area contributed by atoms with E-state index in [-0.39, 0.29) is 5.56 Å². The highest BCUT2D eigenvalue weighted by atomic mass is 16.5. The first-order valence-corrected chi connectivity index (χ1v) is 5.11. The van der Waals surface area contributed by atoms with E-state index < -0.39 is 5.97 Å². The number of benzene rings is 2. The molecule has 16 heavy (non-hydrogen) atoms. The number of carboxylic acid groups (broad SMARTS) is 1. The lowest BCUT2D eigenvalue weighted by Crippen LogP contribution is -1.99. The third kappa shape index (κ3) is 1.84. The van der Waals surface area contributed by atoms with E-state index in [1.165, 1.54) is 0 Å².